The minimum Gasteiger partial charge on any atom is -0.408 e. The van der Waals surface area contributed by atoms with Crippen molar-refractivity contribution >= 4 is 60.3 Å². The maximum absolute atomic E-state index is 6.86. The first-order chi connectivity index (χ1) is 33.9. The Morgan fingerprint density at radius 1 is 0.389 bits per heavy atom. The van der Waals surface area contributed by atoms with Gasteiger partial charge in [-0.15, -0.1) is 0 Å². The summed E-state index contributed by atoms with van der Waals surface area (Å²) in [7, 11) is -3.55. The average molecular weight is 999 g/mol. The fraction of sp³-hybridized carbons (Fsp3) is 0.312. The van der Waals surface area contributed by atoms with Crippen LogP contribution in [0.3, 0.4) is 0 Å². The van der Waals surface area contributed by atoms with Crippen molar-refractivity contribution in [3.63, 3.8) is 0 Å². The summed E-state index contributed by atoms with van der Waals surface area (Å²) in [5.74, 6) is 3.24. The Hall–Kier alpha value is -6.19. The van der Waals surface area contributed by atoms with Crippen molar-refractivity contribution in [3.05, 3.63) is 190 Å². The second kappa shape index (κ2) is 20.4. The number of para-hydroxylation sites is 2. The molecule has 374 valence electrons. The van der Waals surface area contributed by atoms with Gasteiger partial charge < -0.3 is 26.5 Å². The summed E-state index contributed by atoms with van der Waals surface area (Å²) in [6.07, 6.45) is 0. The van der Waals surface area contributed by atoms with Crippen LogP contribution < -0.4 is 18.1 Å². The highest BCUT2D eigenvalue weighted by molar-refractivity contribution is 7.43. The summed E-state index contributed by atoms with van der Waals surface area (Å²) >= 11 is 0. The summed E-state index contributed by atoms with van der Waals surface area (Å²) < 4.78 is 39.7. The molecular formula is C64H72O6P2. The third-order valence-electron chi connectivity index (χ3n) is 12.9. The normalized spacial score (nSPS) is 12.3. The van der Waals surface area contributed by atoms with Gasteiger partial charge in [0.1, 0.15) is 34.2 Å². The quantitative estimate of drug-likeness (QED) is 0.141. The van der Waals surface area contributed by atoms with E-state index in [1.165, 1.54) is 11.1 Å². The number of rotatable bonds is 8. The van der Waals surface area contributed by atoms with Gasteiger partial charge in [0.25, 0.3) is 0 Å². The molecule has 0 aliphatic carbocycles. The molecule has 72 heavy (non-hydrogen) atoms. The number of hydrogen-bond donors (Lipinski definition) is 0. The van der Waals surface area contributed by atoms with Crippen LogP contribution in [0.15, 0.2) is 154 Å². The van der Waals surface area contributed by atoms with Crippen LogP contribution in [-0.2, 0) is 21.7 Å². The molecule has 0 amide bonds. The van der Waals surface area contributed by atoms with Crippen molar-refractivity contribution < 1.29 is 26.5 Å². The van der Waals surface area contributed by atoms with E-state index in [-0.39, 0.29) is 21.7 Å². The van der Waals surface area contributed by atoms with Gasteiger partial charge in [0, 0.05) is 33.0 Å². The van der Waals surface area contributed by atoms with Gasteiger partial charge in [0.15, 0.2) is 0 Å². The van der Waals surface area contributed by atoms with Crippen LogP contribution >= 0.6 is 16.8 Å². The Labute approximate surface area is 430 Å². The highest BCUT2D eigenvalue weighted by atomic mass is 31.2. The van der Waals surface area contributed by atoms with E-state index in [4.69, 9.17) is 26.5 Å². The predicted octanol–water partition coefficient (Wildman–Crippen LogP) is 20.3. The maximum atomic E-state index is 6.86. The van der Waals surface area contributed by atoms with Crippen LogP contribution in [0.5, 0.6) is 23.0 Å². The van der Waals surface area contributed by atoms with Crippen LogP contribution in [0.1, 0.15) is 128 Å². The number of hydrogen-bond acceptors (Lipinski definition) is 6. The number of aryl methyl sites for hydroxylation is 4. The van der Waals surface area contributed by atoms with E-state index in [0.29, 0.717) is 0 Å². The summed E-state index contributed by atoms with van der Waals surface area (Å²) in [6, 6.07) is 50.1. The van der Waals surface area contributed by atoms with Gasteiger partial charge >= 0.3 is 16.8 Å². The Bertz CT molecular complexity index is 3250. The van der Waals surface area contributed by atoms with Crippen molar-refractivity contribution in [2.75, 3.05) is 0 Å². The molecule has 0 saturated heterocycles. The van der Waals surface area contributed by atoms with E-state index in [1.807, 2.05) is 62.4 Å². The van der Waals surface area contributed by atoms with E-state index in [2.05, 4.69) is 194 Å². The zero-order valence-corrected chi connectivity index (χ0v) is 47.0. The van der Waals surface area contributed by atoms with E-state index in [0.717, 1.165) is 99.9 Å². The van der Waals surface area contributed by atoms with Crippen LogP contribution in [0.4, 0.5) is 0 Å². The topological polar surface area (TPSA) is 63.2 Å². The van der Waals surface area contributed by atoms with Gasteiger partial charge in [0.05, 0.1) is 0 Å². The third-order valence-corrected chi connectivity index (χ3v) is 15.0. The second-order valence-electron chi connectivity index (χ2n) is 23.2. The molecule has 0 fully saturated rings. The molecule has 0 saturated carbocycles. The highest BCUT2D eigenvalue weighted by Crippen LogP contribution is 2.51. The summed E-state index contributed by atoms with van der Waals surface area (Å²) in [5.41, 5.74) is 10.2. The zero-order valence-electron chi connectivity index (χ0n) is 45.2. The summed E-state index contributed by atoms with van der Waals surface area (Å²) in [5, 5.41) is 6.68. The lowest BCUT2D eigenvalue weighted by Gasteiger charge is -2.31. The van der Waals surface area contributed by atoms with Gasteiger partial charge in [-0.25, -0.2) is 0 Å². The summed E-state index contributed by atoms with van der Waals surface area (Å²) in [6.45, 7) is 35.0. The first-order valence-corrected chi connectivity index (χ1v) is 27.2. The second-order valence-corrected chi connectivity index (χ2v) is 25.2. The standard InChI is InChI=1S/C35H35O3P.C29H37O3P/c1-22-20-27(34(2,3)4)33(28(21-22)35(5,6)7)38-39-36-29-18-16-23-12-8-10-14-25(23)31(29)32-26-15-11-9-13-24(26)17-19-30(32)37-39;1-20-18-23(28(4,5)6)27(24(19-20)29(7,8)9)32-33(30-25-16-12-10-14-21(25)2)31-26-17-13-11-15-22(26)3/h8-21H,1-7H3;10-19H,1-9H3. The van der Waals surface area contributed by atoms with Crippen LogP contribution in [-0.4, -0.2) is 0 Å². The molecule has 0 aliphatic rings. The third kappa shape index (κ3) is 11.5. The molecule has 1 aromatic heterocycles. The van der Waals surface area contributed by atoms with Gasteiger partial charge in [-0.2, -0.15) is 0 Å². The molecule has 8 aromatic carbocycles. The molecule has 0 radical (unpaired) electrons. The zero-order chi connectivity index (χ0) is 51.9. The first kappa shape index (κ1) is 52.1. The lowest BCUT2D eigenvalue weighted by atomic mass is 9.78. The Morgan fingerprint density at radius 2 is 0.736 bits per heavy atom. The minimum atomic E-state index is -1.79. The lowest BCUT2D eigenvalue weighted by Crippen LogP contribution is -2.20. The molecule has 0 atom stereocenters. The van der Waals surface area contributed by atoms with E-state index < -0.39 is 16.8 Å². The van der Waals surface area contributed by atoms with E-state index in [9.17, 15) is 0 Å². The summed E-state index contributed by atoms with van der Waals surface area (Å²) in [4.78, 5) is 0. The number of fused-ring (bicyclic) bond motifs is 7. The Kier molecular flexibility index (Phi) is 14.8. The van der Waals surface area contributed by atoms with Crippen LogP contribution in [0.25, 0.3) is 43.5 Å². The van der Waals surface area contributed by atoms with Crippen molar-refractivity contribution in [3.8, 4) is 23.0 Å². The monoisotopic (exact) mass is 998 g/mol. The van der Waals surface area contributed by atoms with Crippen LogP contribution in [0, 0.1) is 27.7 Å². The van der Waals surface area contributed by atoms with Crippen LogP contribution in [0.2, 0.25) is 0 Å². The van der Waals surface area contributed by atoms with E-state index >= 15 is 0 Å². The smallest absolute Gasteiger partial charge is 0.408 e. The van der Waals surface area contributed by atoms with Crippen molar-refractivity contribution in [1.82, 2.24) is 0 Å². The number of benzene rings is 8. The maximum Gasteiger partial charge on any atom is 0.530 e. The van der Waals surface area contributed by atoms with Crippen molar-refractivity contribution in [2.24, 2.45) is 0 Å². The predicted molar refractivity (Wildman–Crippen MR) is 306 cm³/mol. The minimum absolute atomic E-state index is 0.103. The molecule has 0 spiro atoms. The van der Waals surface area contributed by atoms with Gasteiger partial charge in [0.2, 0.25) is 0 Å². The lowest BCUT2D eigenvalue weighted by molar-refractivity contribution is 0.374. The van der Waals surface area contributed by atoms with Crippen molar-refractivity contribution in [1.29, 1.82) is 0 Å². The first-order valence-electron chi connectivity index (χ1n) is 25.0. The Morgan fingerprint density at radius 3 is 1.11 bits per heavy atom. The molecular weight excluding hydrogens is 927 g/mol. The molecule has 1 heterocycles. The molecule has 9 aromatic rings. The Balaban J connectivity index is 0.000000196. The largest absolute Gasteiger partial charge is 0.530 e. The van der Waals surface area contributed by atoms with Gasteiger partial charge in [-0.1, -0.05) is 216 Å². The average Bonchev–Trinajstić information content (AvgIpc) is 3.47. The van der Waals surface area contributed by atoms with Gasteiger partial charge in [-0.05, 0) is 106 Å². The van der Waals surface area contributed by atoms with Crippen molar-refractivity contribution in [2.45, 2.75) is 132 Å². The highest BCUT2D eigenvalue weighted by Gasteiger charge is 2.33. The fourth-order valence-electron chi connectivity index (χ4n) is 9.04. The van der Waals surface area contributed by atoms with Gasteiger partial charge in [-0.3, -0.25) is 0 Å². The molecule has 9 rings (SSSR count). The molecule has 0 N–H and O–H groups in total. The molecule has 8 heteroatoms. The molecule has 0 unspecified atom stereocenters. The van der Waals surface area contributed by atoms with E-state index in [1.54, 1.807) is 0 Å². The molecule has 0 aliphatic heterocycles. The molecule has 0 bridgehead atoms. The molecule has 6 nitrogen and oxygen atoms in total. The fourth-order valence-corrected chi connectivity index (χ4v) is 11.3. The SMILES string of the molecule is Cc1cc(C(C)(C)C)c(OP(Oc2ccccc2C)Oc2ccccc2C)c(C(C)(C)C)c1.Cc1cc(C(C)(C)C)c(Op2oc3ccc4ccccc4c3c3c(ccc4ccccc43)o2)c(C(C)(C)C)c1.